The summed E-state index contributed by atoms with van der Waals surface area (Å²) in [6.07, 6.45) is 3.27. The first kappa shape index (κ1) is 12.0. The summed E-state index contributed by atoms with van der Waals surface area (Å²) in [5, 5.41) is 0. The van der Waals surface area contributed by atoms with Crippen molar-refractivity contribution in [1.29, 1.82) is 0 Å². The van der Waals surface area contributed by atoms with Gasteiger partial charge in [-0.15, -0.1) is 0 Å². The molecule has 0 aliphatic carbocycles. The van der Waals surface area contributed by atoms with E-state index in [1.165, 1.54) is 5.75 Å². The summed E-state index contributed by atoms with van der Waals surface area (Å²) in [7, 11) is 2.01. The summed E-state index contributed by atoms with van der Waals surface area (Å²) >= 11 is 1.85. The Balaban J connectivity index is 3.60. The van der Waals surface area contributed by atoms with E-state index in [0.29, 0.717) is 12.6 Å². The van der Waals surface area contributed by atoms with Crippen molar-refractivity contribution in [2.24, 2.45) is 0 Å². The lowest BCUT2D eigenvalue weighted by atomic mass is 10.2. The van der Waals surface area contributed by atoms with Gasteiger partial charge < -0.3 is 0 Å². The van der Waals surface area contributed by atoms with Gasteiger partial charge in [-0.25, -0.2) is 0 Å². The number of rotatable bonds is 6. The Kier molecular flexibility index (Phi) is 6.48. The van der Waals surface area contributed by atoms with Crippen LogP contribution >= 0.6 is 11.8 Å². The molecule has 0 saturated heterocycles. The van der Waals surface area contributed by atoms with Crippen LogP contribution in [0.5, 0.6) is 0 Å². The highest BCUT2D eigenvalue weighted by molar-refractivity contribution is 7.98. The number of hydrogen-bond acceptors (Lipinski definition) is 3. The van der Waals surface area contributed by atoms with Crippen molar-refractivity contribution in [2.75, 3.05) is 25.6 Å². The maximum absolute atomic E-state index is 10.8. The zero-order valence-electron chi connectivity index (χ0n) is 8.46. The lowest BCUT2D eigenvalue weighted by molar-refractivity contribution is -0.118. The molecule has 0 spiro atoms. The summed E-state index contributed by atoms with van der Waals surface area (Å²) < 4.78 is 0. The Bertz CT molecular complexity index is 138. The van der Waals surface area contributed by atoms with Crippen molar-refractivity contribution in [3.8, 4) is 0 Å². The molecule has 1 unspecified atom stereocenters. The molecule has 0 aromatic rings. The van der Waals surface area contributed by atoms with Gasteiger partial charge >= 0.3 is 0 Å². The van der Waals surface area contributed by atoms with E-state index in [1.54, 1.807) is 6.92 Å². The highest BCUT2D eigenvalue weighted by Gasteiger charge is 2.09. The molecule has 12 heavy (non-hydrogen) atoms. The minimum absolute atomic E-state index is 0.244. The molecule has 0 aromatic carbocycles. The van der Waals surface area contributed by atoms with Gasteiger partial charge in [0.2, 0.25) is 0 Å². The average Bonchev–Trinajstić information content (AvgIpc) is 1.98. The van der Waals surface area contributed by atoms with E-state index in [4.69, 9.17) is 0 Å². The fourth-order valence-electron chi connectivity index (χ4n) is 1.02. The molecule has 3 heteroatoms. The van der Waals surface area contributed by atoms with Gasteiger partial charge in [-0.05, 0) is 39.3 Å². The predicted molar refractivity (Wildman–Crippen MR) is 55.8 cm³/mol. The first-order chi connectivity index (χ1) is 5.57. The molecule has 0 radical (unpaired) electrons. The summed E-state index contributed by atoms with van der Waals surface area (Å²) in [6.45, 7) is 4.38. The van der Waals surface area contributed by atoms with Gasteiger partial charge in [-0.2, -0.15) is 11.8 Å². The average molecular weight is 189 g/mol. The molecule has 0 aromatic heterocycles. The molecule has 0 aliphatic rings. The molecule has 0 rings (SSSR count). The third kappa shape index (κ3) is 5.61. The van der Waals surface area contributed by atoms with Crippen LogP contribution in [0.4, 0.5) is 0 Å². The molecular weight excluding hydrogens is 170 g/mol. The smallest absolute Gasteiger partial charge is 0.143 e. The Morgan fingerprint density at radius 2 is 2.17 bits per heavy atom. The monoisotopic (exact) mass is 189 g/mol. The van der Waals surface area contributed by atoms with Crippen LogP contribution in [-0.4, -0.2) is 42.3 Å². The molecule has 0 amide bonds. The molecule has 0 saturated carbocycles. The second-order valence-electron chi connectivity index (χ2n) is 3.25. The van der Waals surface area contributed by atoms with E-state index in [1.807, 2.05) is 18.8 Å². The highest BCUT2D eigenvalue weighted by Crippen LogP contribution is 2.05. The van der Waals surface area contributed by atoms with E-state index in [2.05, 4.69) is 18.1 Å². The number of carbonyl (C=O) groups excluding carboxylic acids is 1. The molecule has 0 bridgehead atoms. The second kappa shape index (κ2) is 6.49. The fourth-order valence-corrected chi connectivity index (χ4v) is 1.59. The van der Waals surface area contributed by atoms with Crippen LogP contribution in [0.15, 0.2) is 0 Å². The van der Waals surface area contributed by atoms with Crippen LogP contribution in [0.1, 0.15) is 20.3 Å². The Morgan fingerprint density at radius 3 is 2.58 bits per heavy atom. The normalized spacial score (nSPS) is 13.4. The van der Waals surface area contributed by atoms with E-state index in [-0.39, 0.29) is 5.78 Å². The van der Waals surface area contributed by atoms with Crippen molar-refractivity contribution in [1.82, 2.24) is 4.90 Å². The number of Topliss-reactive ketones (excluding diaryl/α,β-unsaturated/α-hetero) is 1. The van der Waals surface area contributed by atoms with E-state index < -0.39 is 0 Å². The van der Waals surface area contributed by atoms with E-state index >= 15 is 0 Å². The maximum atomic E-state index is 10.8. The largest absolute Gasteiger partial charge is 0.299 e. The number of ketones is 1. The lowest BCUT2D eigenvalue weighted by Crippen LogP contribution is -2.33. The summed E-state index contributed by atoms with van der Waals surface area (Å²) in [4.78, 5) is 12.9. The van der Waals surface area contributed by atoms with Gasteiger partial charge in [-0.1, -0.05) is 0 Å². The number of likely N-dealkylation sites (N-methyl/N-ethyl adjacent to an activating group) is 1. The van der Waals surface area contributed by atoms with Crippen molar-refractivity contribution in [3.63, 3.8) is 0 Å². The molecule has 72 valence electrons. The van der Waals surface area contributed by atoms with Gasteiger partial charge in [0.25, 0.3) is 0 Å². The van der Waals surface area contributed by atoms with Crippen molar-refractivity contribution >= 4 is 17.5 Å². The summed E-state index contributed by atoms with van der Waals surface area (Å²) in [6, 6.07) is 0.515. The highest BCUT2D eigenvalue weighted by atomic mass is 32.2. The van der Waals surface area contributed by atoms with E-state index in [0.717, 1.165) is 6.42 Å². The number of nitrogens with zero attached hydrogens (tertiary/aromatic N) is 1. The number of thioether (sulfide) groups is 1. The zero-order valence-corrected chi connectivity index (χ0v) is 9.28. The number of carbonyl (C=O) groups is 1. The van der Waals surface area contributed by atoms with Gasteiger partial charge in [-0.3, -0.25) is 9.69 Å². The van der Waals surface area contributed by atoms with Crippen LogP contribution in [0, 0.1) is 0 Å². The molecule has 1 atom stereocenters. The molecule has 0 aliphatic heterocycles. The van der Waals surface area contributed by atoms with Crippen LogP contribution in [0.2, 0.25) is 0 Å². The lowest BCUT2D eigenvalue weighted by Gasteiger charge is -2.22. The SMILES string of the molecule is CSCCC(C)N(C)CC(C)=O. The van der Waals surface area contributed by atoms with Crippen molar-refractivity contribution < 1.29 is 4.79 Å². The minimum Gasteiger partial charge on any atom is -0.299 e. The molecule has 0 N–H and O–H groups in total. The first-order valence-corrected chi connectivity index (χ1v) is 5.66. The summed E-state index contributed by atoms with van der Waals surface area (Å²) in [5.41, 5.74) is 0. The predicted octanol–water partition coefficient (Wildman–Crippen LogP) is 1.65. The zero-order chi connectivity index (χ0) is 9.56. The van der Waals surface area contributed by atoms with Crippen molar-refractivity contribution in [2.45, 2.75) is 26.3 Å². The standard InChI is InChI=1S/C9H19NOS/c1-8(5-6-12-4)10(3)7-9(2)11/h8H,5-7H2,1-4H3. The number of hydrogen-bond donors (Lipinski definition) is 0. The Hall–Kier alpha value is -0.0200. The maximum Gasteiger partial charge on any atom is 0.143 e. The van der Waals surface area contributed by atoms with Gasteiger partial charge in [0.05, 0.1) is 6.54 Å². The third-order valence-electron chi connectivity index (χ3n) is 1.96. The first-order valence-electron chi connectivity index (χ1n) is 4.26. The van der Waals surface area contributed by atoms with Gasteiger partial charge in [0.1, 0.15) is 5.78 Å². The molecular formula is C9H19NOS. The van der Waals surface area contributed by atoms with E-state index in [9.17, 15) is 4.79 Å². The third-order valence-corrected chi connectivity index (χ3v) is 2.61. The van der Waals surface area contributed by atoms with Crippen LogP contribution in [0.25, 0.3) is 0 Å². The molecule has 0 fully saturated rings. The fraction of sp³-hybridized carbons (Fsp3) is 0.889. The van der Waals surface area contributed by atoms with Crippen LogP contribution in [-0.2, 0) is 4.79 Å². The van der Waals surface area contributed by atoms with Crippen LogP contribution in [0.3, 0.4) is 0 Å². The quantitative estimate of drug-likeness (QED) is 0.633. The Labute approximate surface area is 79.7 Å². The van der Waals surface area contributed by atoms with Gasteiger partial charge in [0.15, 0.2) is 0 Å². The summed E-state index contributed by atoms with van der Waals surface area (Å²) in [5.74, 6) is 1.41. The van der Waals surface area contributed by atoms with Crippen molar-refractivity contribution in [3.05, 3.63) is 0 Å². The topological polar surface area (TPSA) is 20.3 Å². The second-order valence-corrected chi connectivity index (χ2v) is 4.23. The Morgan fingerprint density at radius 1 is 1.58 bits per heavy atom. The molecule has 0 heterocycles. The van der Waals surface area contributed by atoms with Crippen LogP contribution < -0.4 is 0 Å². The minimum atomic E-state index is 0.244. The molecule has 2 nitrogen and oxygen atoms in total. The van der Waals surface area contributed by atoms with Gasteiger partial charge in [0, 0.05) is 6.04 Å².